The van der Waals surface area contributed by atoms with Crippen molar-refractivity contribution in [3.63, 3.8) is 0 Å². The van der Waals surface area contributed by atoms with Gasteiger partial charge in [0.25, 0.3) is 5.91 Å². The Labute approximate surface area is 207 Å². The summed E-state index contributed by atoms with van der Waals surface area (Å²) < 4.78 is 7.27. The van der Waals surface area contributed by atoms with Crippen LogP contribution >= 0.6 is 11.6 Å². The third-order valence-corrected chi connectivity index (χ3v) is 6.43. The number of hydrogen-bond acceptors (Lipinski definition) is 5. The monoisotopic (exact) mass is 488 g/mol. The zero-order chi connectivity index (χ0) is 24.4. The summed E-state index contributed by atoms with van der Waals surface area (Å²) in [7, 11) is 0. The second kappa shape index (κ2) is 9.82. The first kappa shape index (κ1) is 23.0. The summed E-state index contributed by atoms with van der Waals surface area (Å²) in [5, 5.41) is 18.1. The Morgan fingerprint density at radius 1 is 1.20 bits per heavy atom. The number of fused-ring (bicyclic) bond motifs is 1. The molecule has 4 N–H and O–H groups in total. The first-order valence-corrected chi connectivity index (χ1v) is 11.8. The summed E-state index contributed by atoms with van der Waals surface area (Å²) in [6, 6.07) is 17.8. The standard InChI is InChI=1S/C27H25ClN4O3/c28-22-15-19(29)11-12-24(22)32-26-18(14-20-9-5-13-35-20)8-4-10-21(26)25(31-32)27(34)30-23(16-33)17-6-2-1-3-7-17/h1-3,5-7,9,11-15,23,33H,4,8,10,16,29H2,(H,30,34)/b18-14+/t23-/m0/s1. The average molecular weight is 489 g/mol. The number of carbonyl (C=O) groups excluding carboxylic acids is 1. The number of aromatic nitrogens is 2. The molecule has 2 heterocycles. The molecule has 5 rings (SSSR count). The van der Waals surface area contributed by atoms with Crippen LogP contribution in [0.15, 0.2) is 71.3 Å². The van der Waals surface area contributed by atoms with E-state index in [2.05, 4.69) is 5.32 Å². The zero-order valence-electron chi connectivity index (χ0n) is 18.9. The van der Waals surface area contributed by atoms with Crippen molar-refractivity contribution in [3.05, 3.63) is 100 Å². The molecule has 1 aliphatic rings. The number of nitrogens with one attached hydrogen (secondary N) is 1. The molecule has 2 aromatic carbocycles. The Bertz CT molecular complexity index is 1380. The highest BCUT2D eigenvalue weighted by Crippen LogP contribution is 2.37. The number of carbonyl (C=O) groups is 1. The van der Waals surface area contributed by atoms with Crippen molar-refractivity contribution >= 4 is 34.8 Å². The largest absolute Gasteiger partial charge is 0.465 e. The summed E-state index contributed by atoms with van der Waals surface area (Å²) in [4.78, 5) is 13.5. The Balaban J connectivity index is 1.61. The molecular formula is C27H25ClN4O3. The number of anilines is 1. The van der Waals surface area contributed by atoms with Gasteiger partial charge in [0.1, 0.15) is 5.76 Å². The topological polar surface area (TPSA) is 106 Å². The lowest BCUT2D eigenvalue weighted by Gasteiger charge is -2.19. The zero-order valence-corrected chi connectivity index (χ0v) is 19.7. The molecule has 0 aliphatic heterocycles. The number of benzene rings is 2. The minimum atomic E-state index is -0.550. The van der Waals surface area contributed by atoms with Gasteiger partial charge in [-0.2, -0.15) is 5.10 Å². The lowest BCUT2D eigenvalue weighted by atomic mass is 9.90. The van der Waals surface area contributed by atoms with E-state index in [1.54, 1.807) is 29.1 Å². The highest BCUT2D eigenvalue weighted by atomic mass is 35.5. The first-order chi connectivity index (χ1) is 17.0. The van der Waals surface area contributed by atoms with Gasteiger partial charge in [0.15, 0.2) is 5.69 Å². The smallest absolute Gasteiger partial charge is 0.272 e. The van der Waals surface area contributed by atoms with E-state index in [1.165, 1.54) is 0 Å². The quantitative estimate of drug-likeness (QED) is 0.329. The minimum absolute atomic E-state index is 0.230. The third kappa shape index (κ3) is 4.60. The van der Waals surface area contributed by atoms with Crippen LogP contribution in [0.4, 0.5) is 5.69 Å². The fourth-order valence-electron chi connectivity index (χ4n) is 4.47. The van der Waals surface area contributed by atoms with E-state index >= 15 is 0 Å². The molecule has 1 atom stereocenters. The number of aliphatic hydroxyl groups is 1. The van der Waals surface area contributed by atoms with Gasteiger partial charge in [0.2, 0.25) is 0 Å². The van der Waals surface area contributed by atoms with Crippen molar-refractivity contribution in [2.24, 2.45) is 0 Å². The van der Waals surface area contributed by atoms with Gasteiger partial charge in [-0.25, -0.2) is 4.68 Å². The van der Waals surface area contributed by atoms with Crippen molar-refractivity contribution in [2.45, 2.75) is 25.3 Å². The fraction of sp³-hybridized carbons (Fsp3) is 0.185. The predicted octanol–water partition coefficient (Wildman–Crippen LogP) is 5.04. The van der Waals surface area contributed by atoms with Crippen LogP contribution < -0.4 is 11.1 Å². The Kier molecular flexibility index (Phi) is 6.44. The van der Waals surface area contributed by atoms with E-state index in [4.69, 9.17) is 26.9 Å². The van der Waals surface area contributed by atoms with Crippen LogP contribution in [0.2, 0.25) is 5.02 Å². The van der Waals surface area contributed by atoms with Gasteiger partial charge >= 0.3 is 0 Å². The number of nitrogens with zero attached hydrogens (tertiary/aromatic N) is 2. The molecule has 1 aliphatic carbocycles. The van der Waals surface area contributed by atoms with E-state index in [0.717, 1.165) is 41.0 Å². The number of hydrogen-bond donors (Lipinski definition) is 3. The Hall–Kier alpha value is -3.81. The number of nitrogen functional groups attached to an aromatic ring is 1. The van der Waals surface area contributed by atoms with Gasteiger partial charge in [-0.3, -0.25) is 4.79 Å². The molecular weight excluding hydrogens is 464 g/mol. The van der Waals surface area contributed by atoms with Gasteiger partial charge in [-0.1, -0.05) is 41.9 Å². The van der Waals surface area contributed by atoms with Crippen LogP contribution in [0, 0.1) is 0 Å². The summed E-state index contributed by atoms with van der Waals surface area (Å²) in [6.07, 6.45) is 5.96. The summed E-state index contributed by atoms with van der Waals surface area (Å²) in [5.74, 6) is 0.369. The van der Waals surface area contributed by atoms with Crippen LogP contribution in [0.1, 0.15) is 52.0 Å². The van der Waals surface area contributed by atoms with E-state index in [-0.39, 0.29) is 12.5 Å². The number of aliphatic hydroxyl groups excluding tert-OH is 1. The Morgan fingerprint density at radius 2 is 2.03 bits per heavy atom. The Morgan fingerprint density at radius 3 is 2.74 bits per heavy atom. The SMILES string of the molecule is Nc1ccc(-n2nc(C(=O)N[C@@H](CO)c3ccccc3)c3c2/C(=C/c2ccco2)CCC3)c(Cl)c1. The second-order valence-electron chi connectivity index (χ2n) is 8.46. The van der Waals surface area contributed by atoms with Crippen LogP contribution in [0.25, 0.3) is 17.3 Å². The predicted molar refractivity (Wildman–Crippen MR) is 136 cm³/mol. The van der Waals surface area contributed by atoms with E-state index in [1.807, 2.05) is 48.5 Å². The molecule has 0 saturated carbocycles. The molecule has 1 amide bonds. The highest BCUT2D eigenvalue weighted by molar-refractivity contribution is 6.32. The number of allylic oxidation sites excluding steroid dienone is 1. The molecule has 4 aromatic rings. The van der Waals surface area contributed by atoms with Gasteiger partial charge in [0, 0.05) is 11.3 Å². The van der Waals surface area contributed by atoms with Crippen LogP contribution in [-0.2, 0) is 6.42 Å². The fourth-order valence-corrected chi connectivity index (χ4v) is 4.74. The van der Waals surface area contributed by atoms with E-state index in [9.17, 15) is 9.90 Å². The molecule has 0 unspecified atom stereocenters. The lowest BCUT2D eigenvalue weighted by molar-refractivity contribution is 0.0909. The molecule has 2 aromatic heterocycles. The second-order valence-corrected chi connectivity index (χ2v) is 8.86. The molecule has 35 heavy (non-hydrogen) atoms. The summed E-state index contributed by atoms with van der Waals surface area (Å²) >= 11 is 6.56. The van der Waals surface area contributed by atoms with Gasteiger partial charge < -0.3 is 20.6 Å². The number of halogens is 1. The van der Waals surface area contributed by atoms with Gasteiger partial charge in [0.05, 0.1) is 35.3 Å². The number of amides is 1. The van der Waals surface area contributed by atoms with Crippen molar-refractivity contribution in [3.8, 4) is 5.69 Å². The number of rotatable bonds is 6. The van der Waals surface area contributed by atoms with Crippen LogP contribution in [-0.4, -0.2) is 27.4 Å². The number of furan rings is 1. The molecule has 0 radical (unpaired) electrons. The van der Waals surface area contributed by atoms with Crippen molar-refractivity contribution in [1.29, 1.82) is 0 Å². The molecule has 0 spiro atoms. The summed E-state index contributed by atoms with van der Waals surface area (Å²) in [5.41, 5.74) is 10.9. The van der Waals surface area contributed by atoms with Gasteiger partial charge in [-0.15, -0.1) is 0 Å². The maximum absolute atomic E-state index is 13.5. The first-order valence-electron chi connectivity index (χ1n) is 11.4. The van der Waals surface area contributed by atoms with Crippen molar-refractivity contribution < 1.29 is 14.3 Å². The van der Waals surface area contributed by atoms with E-state index in [0.29, 0.717) is 28.5 Å². The van der Waals surface area contributed by atoms with Crippen molar-refractivity contribution in [2.75, 3.05) is 12.3 Å². The van der Waals surface area contributed by atoms with Crippen LogP contribution in [0.5, 0.6) is 0 Å². The maximum atomic E-state index is 13.5. The van der Waals surface area contributed by atoms with E-state index < -0.39 is 6.04 Å². The average Bonchev–Trinajstić information content (AvgIpc) is 3.52. The lowest BCUT2D eigenvalue weighted by Crippen LogP contribution is -2.31. The normalized spacial score (nSPS) is 15.1. The van der Waals surface area contributed by atoms with Gasteiger partial charge in [-0.05, 0) is 66.8 Å². The molecule has 0 bridgehead atoms. The number of nitrogens with two attached hydrogens (primary N) is 1. The highest BCUT2D eigenvalue weighted by Gasteiger charge is 2.30. The minimum Gasteiger partial charge on any atom is -0.465 e. The summed E-state index contributed by atoms with van der Waals surface area (Å²) in [6.45, 7) is -0.230. The molecule has 0 saturated heterocycles. The van der Waals surface area contributed by atoms with Crippen LogP contribution in [0.3, 0.4) is 0 Å². The molecule has 178 valence electrons. The molecule has 7 nitrogen and oxygen atoms in total. The maximum Gasteiger partial charge on any atom is 0.272 e. The van der Waals surface area contributed by atoms with Crippen molar-refractivity contribution in [1.82, 2.24) is 15.1 Å². The third-order valence-electron chi connectivity index (χ3n) is 6.13. The molecule has 8 heteroatoms. The molecule has 0 fully saturated rings.